The van der Waals surface area contributed by atoms with Gasteiger partial charge in [-0.05, 0) is 31.9 Å². The zero-order valence-electron chi connectivity index (χ0n) is 16.2. The lowest BCUT2D eigenvalue weighted by atomic mass is 9.94. The third-order valence-electron chi connectivity index (χ3n) is 4.97. The van der Waals surface area contributed by atoms with Crippen LogP contribution in [0.25, 0.3) is 0 Å². The van der Waals surface area contributed by atoms with Crippen LogP contribution in [0.1, 0.15) is 40.5 Å². The summed E-state index contributed by atoms with van der Waals surface area (Å²) in [5.74, 6) is 1.28. The van der Waals surface area contributed by atoms with Crippen molar-refractivity contribution in [3.8, 4) is 11.6 Å². The van der Waals surface area contributed by atoms with Crippen LogP contribution in [-0.2, 0) is 0 Å². The van der Waals surface area contributed by atoms with Gasteiger partial charge in [0.2, 0.25) is 11.8 Å². The van der Waals surface area contributed by atoms with E-state index in [2.05, 4.69) is 19.9 Å². The van der Waals surface area contributed by atoms with Gasteiger partial charge in [0, 0.05) is 37.6 Å². The van der Waals surface area contributed by atoms with Gasteiger partial charge in [-0.1, -0.05) is 18.2 Å². The highest BCUT2D eigenvalue weighted by atomic mass is 16.5. The minimum Gasteiger partial charge on any atom is -0.437 e. The molecule has 1 aromatic carbocycles. The third kappa shape index (κ3) is 4.16. The number of nitrogens with zero attached hydrogens (tertiary/aromatic N) is 5. The Morgan fingerprint density at radius 3 is 2.76 bits per heavy atom. The summed E-state index contributed by atoms with van der Waals surface area (Å²) in [5.41, 5.74) is 7.42. The minimum absolute atomic E-state index is 0.0371. The maximum absolute atomic E-state index is 13.0. The first kappa shape index (κ1) is 18.8. The van der Waals surface area contributed by atoms with Crippen molar-refractivity contribution in [1.29, 1.82) is 0 Å². The second kappa shape index (κ2) is 8.22. The molecule has 1 unspecified atom stereocenters. The van der Waals surface area contributed by atoms with E-state index in [1.807, 2.05) is 35.2 Å². The first-order valence-corrected chi connectivity index (χ1v) is 9.54. The average Bonchev–Trinajstić information content (AvgIpc) is 2.75. The van der Waals surface area contributed by atoms with Crippen molar-refractivity contribution in [3.05, 3.63) is 65.9 Å². The number of amides is 1. The molecule has 1 aliphatic rings. The Hall–Kier alpha value is -3.55. The number of rotatable bonds is 4. The molecule has 1 fully saturated rings. The second-order valence-electron chi connectivity index (χ2n) is 6.98. The van der Waals surface area contributed by atoms with Gasteiger partial charge in [0.05, 0.1) is 11.3 Å². The van der Waals surface area contributed by atoms with Gasteiger partial charge in [-0.2, -0.15) is 0 Å². The summed E-state index contributed by atoms with van der Waals surface area (Å²) < 4.78 is 5.96. The highest BCUT2D eigenvalue weighted by Crippen LogP contribution is 2.33. The number of piperidine rings is 1. The largest absolute Gasteiger partial charge is 0.437 e. The molecule has 8 nitrogen and oxygen atoms in total. The molecule has 3 heterocycles. The monoisotopic (exact) mass is 390 g/mol. The smallest absolute Gasteiger partial charge is 0.257 e. The summed E-state index contributed by atoms with van der Waals surface area (Å²) in [6.07, 6.45) is 6.54. The maximum Gasteiger partial charge on any atom is 0.257 e. The number of para-hydroxylation sites is 1. The Morgan fingerprint density at radius 2 is 1.97 bits per heavy atom. The first-order chi connectivity index (χ1) is 14.1. The van der Waals surface area contributed by atoms with Gasteiger partial charge in [0.1, 0.15) is 11.4 Å². The fraction of sp³-hybridized carbons (Fsp3) is 0.286. The highest BCUT2D eigenvalue weighted by molar-refractivity contribution is 5.95. The fourth-order valence-corrected chi connectivity index (χ4v) is 3.54. The van der Waals surface area contributed by atoms with Crippen molar-refractivity contribution < 1.29 is 9.53 Å². The number of nitrogens with two attached hydrogens (primary N) is 1. The number of anilines is 1. The van der Waals surface area contributed by atoms with E-state index in [1.165, 1.54) is 6.20 Å². The Bertz CT molecular complexity index is 1010. The second-order valence-corrected chi connectivity index (χ2v) is 6.98. The number of nitrogen functional groups attached to an aromatic ring is 1. The predicted octanol–water partition coefficient (Wildman–Crippen LogP) is 2.97. The zero-order chi connectivity index (χ0) is 20.2. The Kier molecular flexibility index (Phi) is 5.33. The van der Waals surface area contributed by atoms with Gasteiger partial charge in [0.25, 0.3) is 5.91 Å². The molecule has 3 aromatic rings. The quantitative estimate of drug-likeness (QED) is 0.730. The molecular weight excluding hydrogens is 368 g/mol. The topological polar surface area (TPSA) is 107 Å². The molecule has 1 saturated heterocycles. The number of hydrogen-bond acceptors (Lipinski definition) is 7. The summed E-state index contributed by atoms with van der Waals surface area (Å²) in [6.45, 7) is 2.97. The van der Waals surface area contributed by atoms with Crippen LogP contribution in [0, 0.1) is 6.92 Å². The molecule has 4 rings (SSSR count). The van der Waals surface area contributed by atoms with Crippen LogP contribution < -0.4 is 10.5 Å². The lowest BCUT2D eigenvalue weighted by molar-refractivity contribution is 0.0703. The SMILES string of the molecule is Cc1nc(N)ncc1C(=O)N1CCCC(c2nccnc2Oc2ccccc2)C1. The van der Waals surface area contributed by atoms with Gasteiger partial charge < -0.3 is 15.4 Å². The van der Waals surface area contributed by atoms with E-state index in [1.54, 1.807) is 19.3 Å². The Morgan fingerprint density at radius 1 is 1.17 bits per heavy atom. The number of aromatic nitrogens is 4. The van der Waals surface area contributed by atoms with Crippen LogP contribution in [0.3, 0.4) is 0 Å². The van der Waals surface area contributed by atoms with Crippen molar-refractivity contribution in [2.24, 2.45) is 0 Å². The molecule has 2 N–H and O–H groups in total. The summed E-state index contributed by atoms with van der Waals surface area (Å²) >= 11 is 0. The molecule has 1 aliphatic heterocycles. The van der Waals surface area contributed by atoms with Gasteiger partial charge in [-0.25, -0.2) is 15.0 Å². The molecule has 1 amide bonds. The van der Waals surface area contributed by atoms with E-state index in [4.69, 9.17) is 10.5 Å². The van der Waals surface area contributed by atoms with Crippen molar-refractivity contribution >= 4 is 11.9 Å². The number of likely N-dealkylation sites (tertiary alicyclic amines) is 1. The van der Waals surface area contributed by atoms with E-state index < -0.39 is 0 Å². The van der Waals surface area contributed by atoms with Gasteiger partial charge in [0.15, 0.2) is 0 Å². The molecule has 1 atom stereocenters. The summed E-state index contributed by atoms with van der Waals surface area (Å²) in [6, 6.07) is 9.49. The van der Waals surface area contributed by atoms with Gasteiger partial charge >= 0.3 is 0 Å². The van der Waals surface area contributed by atoms with Crippen molar-refractivity contribution in [1.82, 2.24) is 24.8 Å². The molecule has 0 saturated carbocycles. The molecule has 0 spiro atoms. The zero-order valence-corrected chi connectivity index (χ0v) is 16.2. The van der Waals surface area contributed by atoms with Crippen LogP contribution in [0.5, 0.6) is 11.6 Å². The highest BCUT2D eigenvalue weighted by Gasteiger charge is 2.29. The number of carbonyl (C=O) groups is 1. The lowest BCUT2D eigenvalue weighted by Crippen LogP contribution is -2.39. The summed E-state index contributed by atoms with van der Waals surface area (Å²) in [4.78, 5) is 31.8. The van der Waals surface area contributed by atoms with Crippen LogP contribution >= 0.6 is 0 Å². The number of benzene rings is 1. The number of hydrogen-bond donors (Lipinski definition) is 1. The lowest BCUT2D eigenvalue weighted by Gasteiger charge is -2.33. The van der Waals surface area contributed by atoms with E-state index in [9.17, 15) is 4.79 Å². The standard InChI is InChI=1S/C21H22N6O2/c1-14-17(12-25-21(22)26-14)20(28)27-11-5-6-15(13-27)18-19(24-10-9-23-18)29-16-7-3-2-4-8-16/h2-4,7-10,12,15H,5-6,11,13H2,1H3,(H2,22,25,26). The molecule has 148 valence electrons. The normalized spacial score (nSPS) is 16.4. The Labute approximate surface area is 168 Å². The van der Waals surface area contributed by atoms with E-state index >= 15 is 0 Å². The molecule has 29 heavy (non-hydrogen) atoms. The maximum atomic E-state index is 13.0. The molecular formula is C21H22N6O2. The number of carbonyl (C=O) groups excluding carboxylic acids is 1. The van der Waals surface area contributed by atoms with Crippen LogP contribution in [-0.4, -0.2) is 43.8 Å². The summed E-state index contributed by atoms with van der Waals surface area (Å²) in [7, 11) is 0. The van der Waals surface area contributed by atoms with Gasteiger partial charge in [-0.15, -0.1) is 0 Å². The Balaban J connectivity index is 1.55. The predicted molar refractivity (Wildman–Crippen MR) is 108 cm³/mol. The van der Waals surface area contributed by atoms with Crippen LogP contribution in [0.2, 0.25) is 0 Å². The molecule has 0 bridgehead atoms. The summed E-state index contributed by atoms with van der Waals surface area (Å²) in [5, 5.41) is 0. The fourth-order valence-electron chi connectivity index (χ4n) is 3.54. The third-order valence-corrected chi connectivity index (χ3v) is 4.97. The van der Waals surface area contributed by atoms with E-state index in [0.29, 0.717) is 36.0 Å². The molecule has 0 aliphatic carbocycles. The van der Waals surface area contributed by atoms with E-state index in [0.717, 1.165) is 18.5 Å². The van der Waals surface area contributed by atoms with Crippen LogP contribution in [0.15, 0.2) is 48.9 Å². The molecule has 0 radical (unpaired) electrons. The first-order valence-electron chi connectivity index (χ1n) is 9.54. The van der Waals surface area contributed by atoms with Crippen LogP contribution in [0.4, 0.5) is 5.95 Å². The van der Waals surface area contributed by atoms with Crippen molar-refractivity contribution in [2.45, 2.75) is 25.7 Å². The van der Waals surface area contributed by atoms with Crippen molar-refractivity contribution in [3.63, 3.8) is 0 Å². The minimum atomic E-state index is -0.0957. The van der Waals surface area contributed by atoms with Gasteiger partial charge in [-0.3, -0.25) is 9.78 Å². The number of ether oxygens (including phenoxy) is 1. The molecule has 8 heteroatoms. The average molecular weight is 390 g/mol. The molecule has 2 aromatic heterocycles. The van der Waals surface area contributed by atoms with Crippen molar-refractivity contribution in [2.75, 3.05) is 18.8 Å². The number of aryl methyl sites for hydroxylation is 1. The van der Waals surface area contributed by atoms with E-state index in [-0.39, 0.29) is 17.8 Å².